The smallest absolute Gasteiger partial charge is 0.267 e. The summed E-state index contributed by atoms with van der Waals surface area (Å²) in [5, 5.41) is 5.76. The minimum atomic E-state index is -0.701. The van der Waals surface area contributed by atoms with Gasteiger partial charge in [-0.2, -0.15) is 0 Å². The highest BCUT2D eigenvalue weighted by Crippen LogP contribution is 2.25. The lowest BCUT2D eigenvalue weighted by Crippen LogP contribution is -2.30. The fourth-order valence-corrected chi connectivity index (χ4v) is 3.13. The first kappa shape index (κ1) is 20.9. The Morgan fingerprint density at radius 2 is 1.94 bits per heavy atom. The second kappa shape index (κ2) is 8.80. The van der Waals surface area contributed by atoms with Gasteiger partial charge in [-0.1, -0.05) is 0 Å². The standard InChI is InChI=1S/C22H20N6O4/c1-12(29)14-4-7-19(25-11-14)32-15-5-2-13(3-6-15)21-27-17(20(23)30)10-18(28-21)26-16-8-9-24-22(16)31/h2-7,10-11,16H,8-9H2,1H3,(H2,23,30)(H,24,31)(H,26,27,28). The summed E-state index contributed by atoms with van der Waals surface area (Å²) in [6.07, 6.45) is 2.06. The van der Waals surface area contributed by atoms with Gasteiger partial charge < -0.3 is 21.1 Å². The van der Waals surface area contributed by atoms with Crippen LogP contribution in [0.5, 0.6) is 11.6 Å². The van der Waals surface area contributed by atoms with E-state index in [2.05, 4.69) is 25.6 Å². The summed E-state index contributed by atoms with van der Waals surface area (Å²) in [6, 6.07) is 11.1. The predicted octanol–water partition coefficient (Wildman–Crippen LogP) is 1.93. The van der Waals surface area contributed by atoms with Gasteiger partial charge in [0.15, 0.2) is 11.6 Å². The summed E-state index contributed by atoms with van der Waals surface area (Å²) in [7, 11) is 0. The summed E-state index contributed by atoms with van der Waals surface area (Å²) in [6.45, 7) is 2.04. The van der Waals surface area contributed by atoms with Gasteiger partial charge in [0, 0.05) is 36.0 Å². The molecule has 1 aliphatic heterocycles. The number of nitrogens with one attached hydrogen (secondary N) is 2. The van der Waals surface area contributed by atoms with E-state index in [9.17, 15) is 14.4 Å². The highest BCUT2D eigenvalue weighted by molar-refractivity contribution is 5.94. The number of ether oxygens (including phenoxy) is 1. The third kappa shape index (κ3) is 4.69. The fraction of sp³-hybridized carbons (Fsp3) is 0.182. The first-order valence-corrected chi connectivity index (χ1v) is 9.87. The molecule has 4 N–H and O–H groups in total. The Hall–Kier alpha value is -4.34. The molecule has 1 aromatic carbocycles. The lowest BCUT2D eigenvalue weighted by molar-refractivity contribution is -0.119. The van der Waals surface area contributed by atoms with Crippen molar-refractivity contribution in [1.29, 1.82) is 0 Å². The SMILES string of the molecule is CC(=O)c1ccc(Oc2ccc(-c3nc(NC4CCNC4=O)cc(C(N)=O)n3)cc2)nc1. The number of benzene rings is 1. The number of ketones is 1. The molecule has 1 unspecified atom stereocenters. The maximum atomic E-state index is 11.8. The van der Waals surface area contributed by atoms with E-state index in [0.717, 1.165) is 0 Å². The molecule has 162 valence electrons. The molecule has 4 rings (SSSR count). The number of pyridine rings is 1. The number of hydrogen-bond donors (Lipinski definition) is 3. The first-order chi connectivity index (χ1) is 15.4. The molecule has 1 fully saturated rings. The van der Waals surface area contributed by atoms with Gasteiger partial charge in [0.2, 0.25) is 11.8 Å². The third-order valence-corrected chi connectivity index (χ3v) is 4.83. The van der Waals surface area contributed by atoms with E-state index >= 15 is 0 Å². The van der Waals surface area contributed by atoms with E-state index in [1.807, 2.05) is 0 Å². The van der Waals surface area contributed by atoms with Gasteiger partial charge in [0.25, 0.3) is 5.91 Å². The summed E-state index contributed by atoms with van der Waals surface area (Å²) in [5.74, 6) is 0.567. The number of nitrogens with zero attached hydrogens (tertiary/aromatic N) is 3. The topological polar surface area (TPSA) is 149 Å². The second-order valence-corrected chi connectivity index (χ2v) is 7.17. The Morgan fingerprint density at radius 3 is 2.53 bits per heavy atom. The number of carbonyl (C=O) groups excluding carboxylic acids is 3. The zero-order valence-corrected chi connectivity index (χ0v) is 17.2. The van der Waals surface area contributed by atoms with Gasteiger partial charge >= 0.3 is 0 Å². The van der Waals surface area contributed by atoms with Crippen LogP contribution < -0.4 is 21.1 Å². The zero-order valence-electron chi connectivity index (χ0n) is 17.2. The summed E-state index contributed by atoms with van der Waals surface area (Å²) in [5.41, 5.74) is 6.58. The minimum absolute atomic E-state index is 0.0333. The van der Waals surface area contributed by atoms with Crippen LogP contribution in [0, 0.1) is 0 Å². The first-order valence-electron chi connectivity index (χ1n) is 9.87. The molecule has 1 saturated heterocycles. The van der Waals surface area contributed by atoms with Crippen molar-refractivity contribution in [2.45, 2.75) is 19.4 Å². The van der Waals surface area contributed by atoms with Crippen molar-refractivity contribution in [2.75, 3.05) is 11.9 Å². The van der Waals surface area contributed by atoms with Crippen LogP contribution in [0.15, 0.2) is 48.7 Å². The van der Waals surface area contributed by atoms with Gasteiger partial charge in [-0.3, -0.25) is 14.4 Å². The molecule has 3 aromatic rings. The van der Waals surface area contributed by atoms with Gasteiger partial charge in [0.1, 0.15) is 23.3 Å². The van der Waals surface area contributed by atoms with Crippen molar-refractivity contribution in [3.8, 4) is 23.0 Å². The quantitative estimate of drug-likeness (QED) is 0.480. The Kier molecular flexibility index (Phi) is 5.75. The van der Waals surface area contributed by atoms with Crippen molar-refractivity contribution in [3.05, 3.63) is 59.9 Å². The van der Waals surface area contributed by atoms with Crippen LogP contribution in [-0.4, -0.2) is 45.1 Å². The normalized spacial score (nSPS) is 15.2. The number of rotatable bonds is 7. The number of nitrogens with two attached hydrogens (primary N) is 1. The Morgan fingerprint density at radius 1 is 1.16 bits per heavy atom. The number of primary amides is 1. The van der Waals surface area contributed by atoms with E-state index < -0.39 is 11.9 Å². The maximum Gasteiger partial charge on any atom is 0.267 e. The highest BCUT2D eigenvalue weighted by atomic mass is 16.5. The van der Waals surface area contributed by atoms with Crippen LogP contribution in [0.25, 0.3) is 11.4 Å². The van der Waals surface area contributed by atoms with Crippen molar-refractivity contribution < 1.29 is 19.1 Å². The number of aromatic nitrogens is 3. The minimum Gasteiger partial charge on any atom is -0.439 e. The molecule has 2 aromatic heterocycles. The highest BCUT2D eigenvalue weighted by Gasteiger charge is 2.24. The van der Waals surface area contributed by atoms with Gasteiger partial charge in [-0.15, -0.1) is 0 Å². The fourth-order valence-electron chi connectivity index (χ4n) is 3.13. The lowest BCUT2D eigenvalue weighted by atomic mass is 10.2. The molecule has 32 heavy (non-hydrogen) atoms. The van der Waals surface area contributed by atoms with Crippen LogP contribution in [0.2, 0.25) is 0 Å². The summed E-state index contributed by atoms with van der Waals surface area (Å²) >= 11 is 0. The molecule has 0 spiro atoms. The molecule has 0 aliphatic carbocycles. The van der Waals surface area contributed by atoms with E-state index in [4.69, 9.17) is 10.5 Å². The zero-order chi connectivity index (χ0) is 22.7. The van der Waals surface area contributed by atoms with Crippen molar-refractivity contribution in [3.63, 3.8) is 0 Å². The van der Waals surface area contributed by atoms with E-state index in [1.165, 1.54) is 19.2 Å². The predicted molar refractivity (Wildman–Crippen MR) is 115 cm³/mol. The molecule has 1 atom stereocenters. The van der Waals surface area contributed by atoms with Crippen molar-refractivity contribution >= 4 is 23.4 Å². The Balaban J connectivity index is 1.55. The molecule has 10 nitrogen and oxygen atoms in total. The van der Waals surface area contributed by atoms with Gasteiger partial charge in [-0.25, -0.2) is 15.0 Å². The molecule has 0 bridgehead atoms. The van der Waals surface area contributed by atoms with Crippen LogP contribution in [0.1, 0.15) is 34.2 Å². The van der Waals surface area contributed by atoms with E-state index in [-0.39, 0.29) is 23.2 Å². The molecular weight excluding hydrogens is 412 g/mol. The van der Waals surface area contributed by atoms with E-state index in [1.54, 1.807) is 36.4 Å². The van der Waals surface area contributed by atoms with Crippen LogP contribution in [0.3, 0.4) is 0 Å². The van der Waals surface area contributed by atoms with Crippen molar-refractivity contribution in [1.82, 2.24) is 20.3 Å². The number of Topliss-reactive ketones (excluding diaryl/α,β-unsaturated/α-hetero) is 1. The van der Waals surface area contributed by atoms with Crippen LogP contribution in [0.4, 0.5) is 5.82 Å². The summed E-state index contributed by atoms with van der Waals surface area (Å²) in [4.78, 5) is 47.7. The lowest BCUT2D eigenvalue weighted by Gasteiger charge is -2.13. The molecule has 10 heteroatoms. The summed E-state index contributed by atoms with van der Waals surface area (Å²) < 4.78 is 5.70. The average Bonchev–Trinajstić information content (AvgIpc) is 3.18. The average molecular weight is 432 g/mol. The number of carbonyl (C=O) groups is 3. The number of amides is 2. The van der Waals surface area contributed by atoms with Crippen LogP contribution >= 0.6 is 0 Å². The Labute approximate surface area is 183 Å². The third-order valence-electron chi connectivity index (χ3n) is 4.83. The number of hydrogen-bond acceptors (Lipinski definition) is 8. The Bertz CT molecular complexity index is 1180. The second-order valence-electron chi connectivity index (χ2n) is 7.17. The monoisotopic (exact) mass is 432 g/mol. The largest absolute Gasteiger partial charge is 0.439 e. The molecule has 0 radical (unpaired) electrons. The molecule has 2 amide bonds. The van der Waals surface area contributed by atoms with Gasteiger partial charge in [0.05, 0.1) is 0 Å². The molecule has 0 saturated carbocycles. The number of anilines is 1. The van der Waals surface area contributed by atoms with E-state index in [0.29, 0.717) is 41.5 Å². The van der Waals surface area contributed by atoms with Gasteiger partial charge in [-0.05, 0) is 43.7 Å². The maximum absolute atomic E-state index is 11.8. The van der Waals surface area contributed by atoms with Crippen molar-refractivity contribution in [2.24, 2.45) is 5.73 Å². The van der Waals surface area contributed by atoms with Crippen LogP contribution in [-0.2, 0) is 4.79 Å². The molecule has 1 aliphatic rings. The molecular formula is C22H20N6O4. The molecule has 3 heterocycles.